The minimum atomic E-state index is -1.27. The molecule has 0 radical (unpaired) electrons. The Labute approximate surface area is 184 Å². The molecule has 0 bridgehead atoms. The number of fused-ring (bicyclic) bond motifs is 1. The van der Waals surface area contributed by atoms with Gasteiger partial charge in [0.15, 0.2) is 5.69 Å². The lowest BCUT2D eigenvalue weighted by Crippen LogP contribution is -2.44. The van der Waals surface area contributed by atoms with Crippen LogP contribution in [-0.4, -0.2) is 37.7 Å². The van der Waals surface area contributed by atoms with Crippen LogP contribution in [0.1, 0.15) is 48.2 Å². The molecule has 1 amide bonds. The van der Waals surface area contributed by atoms with Crippen LogP contribution < -0.4 is 5.56 Å². The Balaban J connectivity index is 1.67. The summed E-state index contributed by atoms with van der Waals surface area (Å²) >= 11 is 0. The van der Waals surface area contributed by atoms with Gasteiger partial charge in [0.05, 0.1) is 5.39 Å². The Kier molecular flexibility index (Phi) is 6.30. The first-order valence-electron chi connectivity index (χ1n) is 10.7. The third-order valence-electron chi connectivity index (χ3n) is 5.96. The van der Waals surface area contributed by atoms with E-state index in [1.807, 2.05) is 0 Å². The van der Waals surface area contributed by atoms with E-state index in [9.17, 15) is 23.9 Å². The lowest BCUT2D eigenvalue weighted by atomic mass is 9.93. The predicted molar refractivity (Wildman–Crippen MR) is 117 cm³/mol. The highest BCUT2D eigenvalue weighted by molar-refractivity contribution is 6.01. The highest BCUT2D eigenvalue weighted by Gasteiger charge is 2.27. The smallest absolute Gasteiger partial charge is 0.357 e. The molecule has 0 unspecified atom stereocenters. The van der Waals surface area contributed by atoms with Gasteiger partial charge in [-0.05, 0) is 36.6 Å². The second-order valence-electron chi connectivity index (χ2n) is 8.10. The Bertz CT molecular complexity index is 1200. The van der Waals surface area contributed by atoms with E-state index in [1.54, 1.807) is 29.2 Å². The fourth-order valence-electron chi connectivity index (χ4n) is 4.32. The minimum Gasteiger partial charge on any atom is -0.476 e. The maximum Gasteiger partial charge on any atom is 0.357 e. The molecular weight excluding hydrogens is 413 g/mol. The topological polar surface area (TPSA) is 92.5 Å². The molecule has 8 heteroatoms. The van der Waals surface area contributed by atoms with Gasteiger partial charge in [0.1, 0.15) is 12.4 Å². The van der Waals surface area contributed by atoms with Crippen molar-refractivity contribution in [2.24, 2.45) is 0 Å². The van der Waals surface area contributed by atoms with E-state index in [1.165, 1.54) is 24.3 Å². The molecule has 2 aromatic carbocycles. The maximum absolute atomic E-state index is 13.4. The lowest BCUT2D eigenvalue weighted by molar-refractivity contribution is -0.136. The molecule has 1 saturated carbocycles. The molecular formula is C24H24FN3O4. The third-order valence-corrected chi connectivity index (χ3v) is 5.96. The summed E-state index contributed by atoms with van der Waals surface area (Å²) in [5, 5.41) is 14.0. The largest absolute Gasteiger partial charge is 0.476 e. The van der Waals surface area contributed by atoms with Crippen molar-refractivity contribution >= 4 is 22.6 Å². The first kappa shape index (κ1) is 21.7. The molecule has 1 fully saturated rings. The van der Waals surface area contributed by atoms with E-state index < -0.39 is 11.5 Å². The molecule has 0 atom stereocenters. The van der Waals surface area contributed by atoms with Crippen molar-refractivity contribution in [3.05, 3.63) is 76.0 Å². The molecule has 0 saturated heterocycles. The summed E-state index contributed by atoms with van der Waals surface area (Å²) in [6.07, 6.45) is 4.84. The van der Waals surface area contributed by atoms with Gasteiger partial charge in [0.2, 0.25) is 5.91 Å². The van der Waals surface area contributed by atoms with Gasteiger partial charge < -0.3 is 10.0 Å². The first-order chi connectivity index (χ1) is 15.4. The normalized spacial score (nSPS) is 14.4. The van der Waals surface area contributed by atoms with Gasteiger partial charge >= 0.3 is 5.97 Å². The van der Waals surface area contributed by atoms with Crippen LogP contribution >= 0.6 is 0 Å². The highest BCUT2D eigenvalue weighted by atomic mass is 19.1. The quantitative estimate of drug-likeness (QED) is 0.636. The van der Waals surface area contributed by atoms with Crippen LogP contribution in [0.5, 0.6) is 0 Å². The number of carbonyl (C=O) groups excluding carboxylic acids is 1. The number of halogens is 1. The molecule has 3 aromatic rings. The molecule has 1 aliphatic carbocycles. The fourth-order valence-corrected chi connectivity index (χ4v) is 4.32. The highest BCUT2D eigenvalue weighted by Crippen LogP contribution is 2.25. The van der Waals surface area contributed by atoms with E-state index in [-0.39, 0.29) is 47.3 Å². The number of amides is 1. The first-order valence-corrected chi connectivity index (χ1v) is 10.7. The van der Waals surface area contributed by atoms with Crippen LogP contribution in [0.3, 0.4) is 0 Å². The number of aromatic carboxylic acids is 1. The molecule has 7 nitrogen and oxygen atoms in total. The summed E-state index contributed by atoms with van der Waals surface area (Å²) in [6.45, 7) is -0.0699. The van der Waals surface area contributed by atoms with Gasteiger partial charge in [0.25, 0.3) is 5.56 Å². The van der Waals surface area contributed by atoms with E-state index in [2.05, 4.69) is 5.10 Å². The van der Waals surface area contributed by atoms with Crippen molar-refractivity contribution in [1.82, 2.24) is 14.7 Å². The van der Waals surface area contributed by atoms with Crippen molar-refractivity contribution < 1.29 is 19.1 Å². The number of hydrogen-bond acceptors (Lipinski definition) is 4. The van der Waals surface area contributed by atoms with Crippen LogP contribution in [0.25, 0.3) is 10.8 Å². The number of carbonyl (C=O) groups is 2. The Morgan fingerprint density at radius 3 is 2.34 bits per heavy atom. The monoisotopic (exact) mass is 437 g/mol. The second-order valence-corrected chi connectivity index (χ2v) is 8.10. The zero-order valence-electron chi connectivity index (χ0n) is 17.5. The van der Waals surface area contributed by atoms with Crippen molar-refractivity contribution in [3.8, 4) is 0 Å². The standard InChI is InChI=1S/C24H24FN3O4/c25-17-12-10-16(11-13-17)14-27(18-6-2-1-3-7-18)21(29)15-28-23(30)20-9-5-4-8-19(20)22(26-28)24(31)32/h4-5,8-13,18H,1-3,6-7,14-15H2,(H,31,32). The molecule has 1 aromatic heterocycles. The number of nitrogens with zero attached hydrogens (tertiary/aromatic N) is 3. The molecule has 166 valence electrons. The maximum atomic E-state index is 13.4. The summed E-state index contributed by atoms with van der Waals surface area (Å²) in [4.78, 5) is 39.7. The zero-order chi connectivity index (χ0) is 22.7. The number of rotatable bonds is 6. The second kappa shape index (κ2) is 9.30. The molecule has 4 rings (SSSR count). The lowest BCUT2D eigenvalue weighted by Gasteiger charge is -2.34. The van der Waals surface area contributed by atoms with Crippen LogP contribution in [0.2, 0.25) is 0 Å². The number of aromatic nitrogens is 2. The minimum absolute atomic E-state index is 0.0106. The third kappa shape index (κ3) is 4.54. The van der Waals surface area contributed by atoms with Gasteiger partial charge in [-0.3, -0.25) is 9.59 Å². The molecule has 0 spiro atoms. The van der Waals surface area contributed by atoms with Crippen LogP contribution in [-0.2, 0) is 17.9 Å². The molecule has 1 aliphatic rings. The van der Waals surface area contributed by atoms with E-state index in [0.717, 1.165) is 42.3 Å². The van der Waals surface area contributed by atoms with Crippen molar-refractivity contribution in [3.63, 3.8) is 0 Å². The molecule has 1 heterocycles. The van der Waals surface area contributed by atoms with Gasteiger partial charge in [-0.25, -0.2) is 13.9 Å². The van der Waals surface area contributed by atoms with E-state index in [4.69, 9.17) is 0 Å². The molecule has 32 heavy (non-hydrogen) atoms. The number of benzene rings is 2. The van der Waals surface area contributed by atoms with E-state index in [0.29, 0.717) is 0 Å². The predicted octanol–water partition coefficient (Wildman–Crippen LogP) is 3.60. The summed E-state index contributed by atoms with van der Waals surface area (Å²) in [6, 6.07) is 12.3. The van der Waals surface area contributed by atoms with Crippen LogP contribution in [0, 0.1) is 5.82 Å². The SMILES string of the molecule is O=C(O)c1nn(CC(=O)N(Cc2ccc(F)cc2)C2CCCCC2)c(=O)c2ccccc12. The summed E-state index contributed by atoms with van der Waals surface area (Å²) in [5.74, 6) is -1.93. The summed E-state index contributed by atoms with van der Waals surface area (Å²) < 4.78 is 14.3. The Morgan fingerprint density at radius 2 is 1.69 bits per heavy atom. The van der Waals surface area contributed by atoms with Crippen LogP contribution in [0.15, 0.2) is 53.3 Å². The molecule has 1 N–H and O–H groups in total. The van der Waals surface area contributed by atoms with Gasteiger partial charge in [-0.1, -0.05) is 49.6 Å². The number of carboxylic acids is 1. The van der Waals surface area contributed by atoms with Crippen molar-refractivity contribution in [2.75, 3.05) is 0 Å². The van der Waals surface area contributed by atoms with Gasteiger partial charge in [-0.2, -0.15) is 5.10 Å². The average molecular weight is 437 g/mol. The Morgan fingerprint density at radius 1 is 1.03 bits per heavy atom. The average Bonchev–Trinajstić information content (AvgIpc) is 2.81. The fraction of sp³-hybridized carbons (Fsp3) is 0.333. The summed E-state index contributed by atoms with van der Waals surface area (Å²) in [5.41, 5.74) is 0.00967. The van der Waals surface area contributed by atoms with Crippen molar-refractivity contribution in [1.29, 1.82) is 0 Å². The van der Waals surface area contributed by atoms with Gasteiger partial charge in [0, 0.05) is 18.0 Å². The summed E-state index contributed by atoms with van der Waals surface area (Å²) in [7, 11) is 0. The van der Waals surface area contributed by atoms with Crippen molar-refractivity contribution in [2.45, 2.75) is 51.2 Å². The van der Waals surface area contributed by atoms with Gasteiger partial charge in [-0.15, -0.1) is 0 Å². The zero-order valence-corrected chi connectivity index (χ0v) is 17.5. The number of hydrogen-bond donors (Lipinski definition) is 1. The molecule has 0 aliphatic heterocycles. The van der Waals surface area contributed by atoms with E-state index >= 15 is 0 Å². The number of carboxylic acid groups (broad SMARTS) is 1. The Hall–Kier alpha value is -3.55. The van der Waals surface area contributed by atoms with Crippen LogP contribution in [0.4, 0.5) is 4.39 Å².